The Morgan fingerprint density at radius 1 is 1.29 bits per heavy atom. The SMILES string of the molecule is CCCNCCOCc1ccc(C(=O)O)cc1. The monoisotopic (exact) mass is 237 g/mol. The highest BCUT2D eigenvalue weighted by molar-refractivity contribution is 5.87. The topological polar surface area (TPSA) is 58.6 Å². The number of carbonyl (C=O) groups is 1. The van der Waals surface area contributed by atoms with Crippen LogP contribution in [0.3, 0.4) is 0 Å². The van der Waals surface area contributed by atoms with Crippen molar-refractivity contribution in [1.29, 1.82) is 0 Å². The zero-order chi connectivity index (χ0) is 12.5. The van der Waals surface area contributed by atoms with E-state index in [-0.39, 0.29) is 0 Å². The zero-order valence-electron chi connectivity index (χ0n) is 10.1. The Morgan fingerprint density at radius 3 is 2.59 bits per heavy atom. The number of rotatable bonds is 8. The smallest absolute Gasteiger partial charge is 0.335 e. The molecule has 4 nitrogen and oxygen atoms in total. The molecule has 2 N–H and O–H groups in total. The largest absolute Gasteiger partial charge is 0.478 e. The third-order valence-electron chi connectivity index (χ3n) is 2.32. The molecular formula is C13H19NO3. The predicted molar refractivity (Wildman–Crippen MR) is 66.2 cm³/mol. The van der Waals surface area contributed by atoms with Crippen molar-refractivity contribution in [3.63, 3.8) is 0 Å². The molecule has 0 radical (unpaired) electrons. The number of carboxylic acid groups (broad SMARTS) is 1. The van der Waals surface area contributed by atoms with E-state index in [9.17, 15) is 4.79 Å². The molecular weight excluding hydrogens is 218 g/mol. The molecule has 0 fully saturated rings. The molecule has 0 aliphatic carbocycles. The van der Waals surface area contributed by atoms with Crippen LogP contribution in [0.4, 0.5) is 0 Å². The second-order valence-corrected chi connectivity index (χ2v) is 3.80. The van der Waals surface area contributed by atoms with Crippen LogP contribution in [0.1, 0.15) is 29.3 Å². The van der Waals surface area contributed by atoms with E-state index in [0.29, 0.717) is 18.8 Å². The minimum absolute atomic E-state index is 0.304. The number of benzene rings is 1. The normalized spacial score (nSPS) is 10.4. The van der Waals surface area contributed by atoms with Gasteiger partial charge < -0.3 is 15.2 Å². The van der Waals surface area contributed by atoms with Crippen LogP contribution in [0.5, 0.6) is 0 Å². The molecule has 0 aliphatic heterocycles. The predicted octanol–water partition coefficient (Wildman–Crippen LogP) is 1.90. The van der Waals surface area contributed by atoms with E-state index in [1.54, 1.807) is 24.3 Å². The van der Waals surface area contributed by atoms with Crippen molar-refractivity contribution in [1.82, 2.24) is 5.32 Å². The van der Waals surface area contributed by atoms with Gasteiger partial charge >= 0.3 is 5.97 Å². The van der Waals surface area contributed by atoms with Gasteiger partial charge in [-0.05, 0) is 30.7 Å². The van der Waals surface area contributed by atoms with Crippen molar-refractivity contribution in [2.75, 3.05) is 19.7 Å². The minimum Gasteiger partial charge on any atom is -0.478 e. The molecule has 0 saturated carbocycles. The highest BCUT2D eigenvalue weighted by atomic mass is 16.5. The van der Waals surface area contributed by atoms with Crippen LogP contribution < -0.4 is 5.32 Å². The van der Waals surface area contributed by atoms with Gasteiger partial charge in [-0.1, -0.05) is 19.1 Å². The highest BCUT2D eigenvalue weighted by Crippen LogP contribution is 2.05. The van der Waals surface area contributed by atoms with Gasteiger partial charge in [0.25, 0.3) is 0 Å². The first-order valence-corrected chi connectivity index (χ1v) is 5.84. The fraction of sp³-hybridized carbons (Fsp3) is 0.462. The molecule has 4 heteroatoms. The summed E-state index contributed by atoms with van der Waals surface area (Å²) in [5.74, 6) is -0.902. The van der Waals surface area contributed by atoms with Crippen molar-refractivity contribution in [2.45, 2.75) is 20.0 Å². The van der Waals surface area contributed by atoms with Crippen LogP contribution in [0.25, 0.3) is 0 Å². The zero-order valence-corrected chi connectivity index (χ0v) is 10.1. The number of hydrogen-bond acceptors (Lipinski definition) is 3. The van der Waals surface area contributed by atoms with Crippen molar-refractivity contribution in [2.24, 2.45) is 0 Å². The van der Waals surface area contributed by atoms with E-state index >= 15 is 0 Å². The summed E-state index contributed by atoms with van der Waals surface area (Å²) >= 11 is 0. The Balaban J connectivity index is 2.21. The summed E-state index contributed by atoms with van der Waals surface area (Å²) in [5.41, 5.74) is 1.30. The van der Waals surface area contributed by atoms with E-state index in [1.807, 2.05) is 0 Å². The Kier molecular flexibility index (Phi) is 6.29. The summed E-state index contributed by atoms with van der Waals surface area (Å²) in [4.78, 5) is 10.6. The van der Waals surface area contributed by atoms with Crippen LogP contribution in [0.2, 0.25) is 0 Å². The molecule has 0 atom stereocenters. The van der Waals surface area contributed by atoms with Gasteiger partial charge in [0.1, 0.15) is 0 Å². The molecule has 1 aromatic carbocycles. The van der Waals surface area contributed by atoms with E-state index in [1.165, 1.54) is 0 Å². The Bertz CT molecular complexity index is 335. The second-order valence-electron chi connectivity index (χ2n) is 3.80. The molecule has 0 aromatic heterocycles. The van der Waals surface area contributed by atoms with Crippen molar-refractivity contribution < 1.29 is 14.6 Å². The molecule has 0 unspecified atom stereocenters. The second kappa shape index (κ2) is 7.81. The molecule has 0 bridgehead atoms. The van der Waals surface area contributed by atoms with Crippen molar-refractivity contribution >= 4 is 5.97 Å². The molecule has 1 rings (SSSR count). The van der Waals surface area contributed by atoms with Gasteiger partial charge in [-0.2, -0.15) is 0 Å². The maximum Gasteiger partial charge on any atom is 0.335 e. The first kappa shape index (κ1) is 13.7. The molecule has 0 saturated heterocycles. The number of nitrogens with one attached hydrogen (secondary N) is 1. The van der Waals surface area contributed by atoms with Gasteiger partial charge in [0.15, 0.2) is 0 Å². The summed E-state index contributed by atoms with van der Waals surface area (Å²) in [6.45, 7) is 5.17. The third-order valence-corrected chi connectivity index (χ3v) is 2.32. The fourth-order valence-electron chi connectivity index (χ4n) is 1.38. The van der Waals surface area contributed by atoms with Gasteiger partial charge in [-0.3, -0.25) is 0 Å². The van der Waals surface area contributed by atoms with Gasteiger partial charge in [0.2, 0.25) is 0 Å². The average Bonchev–Trinajstić information content (AvgIpc) is 2.34. The molecule has 1 aromatic rings. The van der Waals surface area contributed by atoms with Crippen molar-refractivity contribution in [3.8, 4) is 0 Å². The molecule has 0 aliphatic rings. The summed E-state index contributed by atoms with van der Waals surface area (Å²) in [7, 11) is 0. The van der Waals surface area contributed by atoms with E-state index < -0.39 is 5.97 Å². The lowest BCUT2D eigenvalue weighted by Gasteiger charge is -2.05. The number of hydrogen-bond donors (Lipinski definition) is 2. The third kappa shape index (κ3) is 5.47. The van der Waals surface area contributed by atoms with Crippen LogP contribution >= 0.6 is 0 Å². The Labute approximate surface area is 102 Å². The van der Waals surface area contributed by atoms with Crippen LogP contribution in [-0.4, -0.2) is 30.8 Å². The van der Waals surface area contributed by atoms with Gasteiger partial charge in [-0.25, -0.2) is 4.79 Å². The standard InChI is InChI=1S/C13H19NO3/c1-2-7-14-8-9-17-10-11-3-5-12(6-4-11)13(15)16/h3-6,14H,2,7-10H2,1H3,(H,15,16). The van der Waals surface area contributed by atoms with Crippen LogP contribution in [0, 0.1) is 0 Å². The highest BCUT2D eigenvalue weighted by Gasteiger charge is 2.01. The Morgan fingerprint density at radius 2 is 2.00 bits per heavy atom. The lowest BCUT2D eigenvalue weighted by atomic mass is 10.1. The summed E-state index contributed by atoms with van der Waals surface area (Å²) < 4.78 is 5.46. The summed E-state index contributed by atoms with van der Waals surface area (Å²) in [6, 6.07) is 6.75. The lowest BCUT2D eigenvalue weighted by molar-refractivity contribution is 0.0696. The quantitative estimate of drug-likeness (QED) is 0.678. The van der Waals surface area contributed by atoms with E-state index in [2.05, 4.69) is 12.2 Å². The maximum absolute atomic E-state index is 10.6. The molecule has 17 heavy (non-hydrogen) atoms. The van der Waals surface area contributed by atoms with Crippen LogP contribution in [-0.2, 0) is 11.3 Å². The van der Waals surface area contributed by atoms with Gasteiger partial charge in [0.05, 0.1) is 18.8 Å². The molecule has 0 spiro atoms. The number of ether oxygens (including phenoxy) is 1. The molecule has 0 heterocycles. The minimum atomic E-state index is -0.902. The number of aromatic carboxylic acids is 1. The van der Waals surface area contributed by atoms with Gasteiger partial charge in [0, 0.05) is 6.54 Å². The van der Waals surface area contributed by atoms with Gasteiger partial charge in [-0.15, -0.1) is 0 Å². The summed E-state index contributed by atoms with van der Waals surface area (Å²) in [5, 5.41) is 12.0. The fourth-order valence-corrected chi connectivity index (χ4v) is 1.38. The summed E-state index contributed by atoms with van der Waals surface area (Å²) in [6.07, 6.45) is 1.12. The van der Waals surface area contributed by atoms with Crippen LogP contribution in [0.15, 0.2) is 24.3 Å². The number of carboxylic acids is 1. The first-order chi connectivity index (χ1) is 8.24. The molecule has 0 amide bonds. The first-order valence-electron chi connectivity index (χ1n) is 5.84. The van der Waals surface area contributed by atoms with Crippen molar-refractivity contribution in [3.05, 3.63) is 35.4 Å². The maximum atomic E-state index is 10.6. The van der Waals surface area contributed by atoms with E-state index in [4.69, 9.17) is 9.84 Å². The lowest BCUT2D eigenvalue weighted by Crippen LogP contribution is -2.20. The Hall–Kier alpha value is -1.39. The average molecular weight is 237 g/mol. The van der Waals surface area contributed by atoms with E-state index in [0.717, 1.165) is 25.1 Å². The molecule has 94 valence electrons.